The van der Waals surface area contributed by atoms with Gasteiger partial charge in [-0.3, -0.25) is 4.90 Å². The van der Waals surface area contributed by atoms with E-state index in [4.69, 9.17) is 5.73 Å². The molecule has 1 saturated heterocycles. The Bertz CT molecular complexity index is 315. The van der Waals surface area contributed by atoms with Crippen LogP contribution in [0.4, 0.5) is 0 Å². The van der Waals surface area contributed by atoms with Crippen LogP contribution in [-0.2, 0) is 0 Å². The summed E-state index contributed by atoms with van der Waals surface area (Å²) in [4.78, 5) is 2.61. The molecule has 17 heavy (non-hydrogen) atoms. The van der Waals surface area contributed by atoms with Crippen molar-refractivity contribution in [3.8, 4) is 0 Å². The molecule has 0 spiro atoms. The highest BCUT2D eigenvalue weighted by atomic mass is 15.2. The Kier molecular flexibility index (Phi) is 4.57. The molecule has 1 aromatic carbocycles. The molecule has 94 valence electrons. The second-order valence-corrected chi connectivity index (χ2v) is 5.24. The number of hydrogen-bond donors (Lipinski definition) is 1. The molecule has 0 bridgehead atoms. The zero-order valence-electron chi connectivity index (χ0n) is 10.8. The van der Waals surface area contributed by atoms with Gasteiger partial charge in [0.1, 0.15) is 0 Å². The van der Waals surface area contributed by atoms with E-state index in [1.807, 2.05) is 0 Å². The van der Waals surface area contributed by atoms with Crippen molar-refractivity contribution in [2.45, 2.75) is 44.7 Å². The second kappa shape index (κ2) is 6.18. The van der Waals surface area contributed by atoms with E-state index in [0.29, 0.717) is 6.04 Å². The molecule has 1 fully saturated rings. The number of likely N-dealkylation sites (tertiary alicyclic amines) is 1. The van der Waals surface area contributed by atoms with Gasteiger partial charge in [-0.1, -0.05) is 36.8 Å². The number of piperidine rings is 1. The van der Waals surface area contributed by atoms with Gasteiger partial charge in [0.2, 0.25) is 0 Å². The van der Waals surface area contributed by atoms with Crippen LogP contribution in [0.5, 0.6) is 0 Å². The maximum Gasteiger partial charge on any atom is 0.0362 e. The van der Waals surface area contributed by atoms with E-state index >= 15 is 0 Å². The third kappa shape index (κ3) is 3.55. The quantitative estimate of drug-likeness (QED) is 0.865. The second-order valence-electron chi connectivity index (χ2n) is 5.24. The largest absolute Gasteiger partial charge is 0.328 e. The Morgan fingerprint density at radius 2 is 1.76 bits per heavy atom. The van der Waals surface area contributed by atoms with Gasteiger partial charge in [0.05, 0.1) is 0 Å². The molecule has 2 N–H and O–H groups in total. The normalized spacial score (nSPS) is 21.1. The summed E-state index contributed by atoms with van der Waals surface area (Å²) in [6.07, 6.45) is 5.12. The van der Waals surface area contributed by atoms with Crippen LogP contribution in [0, 0.1) is 0 Å². The molecule has 0 aliphatic carbocycles. The molecular weight excluding hydrogens is 208 g/mol. The van der Waals surface area contributed by atoms with E-state index in [1.165, 1.54) is 37.9 Å². The van der Waals surface area contributed by atoms with Crippen LogP contribution < -0.4 is 5.73 Å². The van der Waals surface area contributed by atoms with E-state index in [1.54, 1.807) is 0 Å². The highest BCUT2D eigenvalue weighted by molar-refractivity contribution is 5.19. The average molecular weight is 232 g/mol. The molecule has 2 atom stereocenters. The van der Waals surface area contributed by atoms with Crippen LogP contribution in [0.3, 0.4) is 0 Å². The summed E-state index contributed by atoms with van der Waals surface area (Å²) < 4.78 is 0. The van der Waals surface area contributed by atoms with Crippen molar-refractivity contribution in [1.82, 2.24) is 4.90 Å². The average Bonchev–Trinajstić information content (AvgIpc) is 2.38. The summed E-state index contributed by atoms with van der Waals surface area (Å²) in [6.45, 7) is 4.57. The minimum Gasteiger partial charge on any atom is -0.328 e. The van der Waals surface area contributed by atoms with E-state index in [9.17, 15) is 0 Å². The van der Waals surface area contributed by atoms with Crippen molar-refractivity contribution in [2.75, 3.05) is 13.1 Å². The molecule has 1 aliphatic rings. The predicted octanol–water partition coefficient (Wildman–Crippen LogP) is 2.95. The van der Waals surface area contributed by atoms with Gasteiger partial charge in [0, 0.05) is 12.1 Å². The topological polar surface area (TPSA) is 29.3 Å². The van der Waals surface area contributed by atoms with Gasteiger partial charge in [-0.15, -0.1) is 0 Å². The standard InChI is InChI=1S/C15H24N2/c1-13(16)12-15(14-8-4-2-5-9-14)17-10-6-3-7-11-17/h2,4-5,8-9,13,15H,3,6-7,10-12,16H2,1H3. The summed E-state index contributed by atoms with van der Waals surface area (Å²) in [7, 11) is 0. The first kappa shape index (κ1) is 12.6. The molecule has 2 nitrogen and oxygen atoms in total. The molecule has 0 saturated carbocycles. The Morgan fingerprint density at radius 1 is 1.12 bits per heavy atom. The van der Waals surface area contributed by atoms with Crippen LogP contribution in [0.2, 0.25) is 0 Å². The Balaban J connectivity index is 2.12. The van der Waals surface area contributed by atoms with E-state index in [-0.39, 0.29) is 6.04 Å². The number of benzene rings is 1. The van der Waals surface area contributed by atoms with Gasteiger partial charge in [-0.2, -0.15) is 0 Å². The first-order valence-corrected chi connectivity index (χ1v) is 6.82. The van der Waals surface area contributed by atoms with Crippen molar-refractivity contribution in [3.05, 3.63) is 35.9 Å². The number of nitrogens with zero attached hydrogens (tertiary/aromatic N) is 1. The molecule has 1 heterocycles. The minimum absolute atomic E-state index is 0.266. The van der Waals surface area contributed by atoms with Crippen molar-refractivity contribution in [1.29, 1.82) is 0 Å². The summed E-state index contributed by atoms with van der Waals surface area (Å²) in [5.74, 6) is 0. The summed E-state index contributed by atoms with van der Waals surface area (Å²) in [6, 6.07) is 11.6. The fourth-order valence-corrected chi connectivity index (χ4v) is 2.75. The highest BCUT2D eigenvalue weighted by Crippen LogP contribution is 2.28. The van der Waals surface area contributed by atoms with Gasteiger partial charge in [-0.05, 0) is 44.8 Å². The lowest BCUT2D eigenvalue weighted by molar-refractivity contribution is 0.151. The highest BCUT2D eigenvalue weighted by Gasteiger charge is 2.22. The molecule has 2 heteroatoms. The Morgan fingerprint density at radius 3 is 2.35 bits per heavy atom. The number of rotatable bonds is 4. The zero-order chi connectivity index (χ0) is 12.1. The SMILES string of the molecule is CC(N)CC(c1ccccc1)N1CCCCC1. The van der Waals surface area contributed by atoms with E-state index in [0.717, 1.165) is 6.42 Å². The zero-order valence-corrected chi connectivity index (χ0v) is 10.8. The van der Waals surface area contributed by atoms with Gasteiger partial charge in [0.15, 0.2) is 0 Å². The predicted molar refractivity (Wildman–Crippen MR) is 72.9 cm³/mol. The third-order valence-corrected chi connectivity index (χ3v) is 3.61. The summed E-state index contributed by atoms with van der Waals surface area (Å²) >= 11 is 0. The lowest BCUT2D eigenvalue weighted by Gasteiger charge is -2.35. The molecule has 1 aliphatic heterocycles. The van der Waals surface area contributed by atoms with Crippen molar-refractivity contribution < 1.29 is 0 Å². The number of nitrogens with two attached hydrogens (primary N) is 1. The fourth-order valence-electron chi connectivity index (χ4n) is 2.75. The van der Waals surface area contributed by atoms with Crippen molar-refractivity contribution in [2.24, 2.45) is 5.73 Å². The molecule has 0 radical (unpaired) electrons. The van der Waals surface area contributed by atoms with Crippen LogP contribution >= 0.6 is 0 Å². The molecule has 1 aromatic rings. The van der Waals surface area contributed by atoms with E-state index < -0.39 is 0 Å². The first-order valence-electron chi connectivity index (χ1n) is 6.82. The van der Waals surface area contributed by atoms with Crippen molar-refractivity contribution in [3.63, 3.8) is 0 Å². The van der Waals surface area contributed by atoms with Gasteiger partial charge >= 0.3 is 0 Å². The summed E-state index contributed by atoms with van der Waals surface area (Å²) in [5, 5.41) is 0. The molecule has 2 unspecified atom stereocenters. The molecular formula is C15H24N2. The molecule has 0 aromatic heterocycles. The molecule has 0 amide bonds. The summed E-state index contributed by atoms with van der Waals surface area (Å²) in [5.41, 5.74) is 7.43. The van der Waals surface area contributed by atoms with Crippen LogP contribution in [0.15, 0.2) is 30.3 Å². The van der Waals surface area contributed by atoms with Crippen LogP contribution in [-0.4, -0.2) is 24.0 Å². The minimum atomic E-state index is 0.266. The van der Waals surface area contributed by atoms with Crippen molar-refractivity contribution >= 4 is 0 Å². The maximum atomic E-state index is 6.01. The van der Waals surface area contributed by atoms with Gasteiger partial charge in [0.25, 0.3) is 0 Å². The lowest BCUT2D eigenvalue weighted by Crippen LogP contribution is -2.36. The maximum absolute atomic E-state index is 6.01. The fraction of sp³-hybridized carbons (Fsp3) is 0.600. The monoisotopic (exact) mass is 232 g/mol. The van der Waals surface area contributed by atoms with Crippen LogP contribution in [0.1, 0.15) is 44.2 Å². The van der Waals surface area contributed by atoms with Gasteiger partial charge in [-0.25, -0.2) is 0 Å². The third-order valence-electron chi connectivity index (χ3n) is 3.61. The van der Waals surface area contributed by atoms with Crippen LogP contribution in [0.25, 0.3) is 0 Å². The Labute approximate surface area is 105 Å². The molecule has 2 rings (SSSR count). The number of hydrogen-bond acceptors (Lipinski definition) is 2. The lowest BCUT2D eigenvalue weighted by atomic mass is 9.96. The first-order chi connectivity index (χ1) is 8.27. The van der Waals surface area contributed by atoms with E-state index in [2.05, 4.69) is 42.2 Å². The smallest absolute Gasteiger partial charge is 0.0362 e. The van der Waals surface area contributed by atoms with Gasteiger partial charge < -0.3 is 5.73 Å². The Hall–Kier alpha value is -0.860.